The first-order chi connectivity index (χ1) is 14.8. The molecule has 3 heterocycles. The highest BCUT2D eigenvalue weighted by molar-refractivity contribution is 7.89. The second kappa shape index (κ2) is 8.39. The fourth-order valence-corrected chi connectivity index (χ4v) is 5.64. The Labute approximate surface area is 180 Å². The number of rotatable bonds is 4. The van der Waals surface area contributed by atoms with Crippen LogP contribution in [0.1, 0.15) is 42.4 Å². The van der Waals surface area contributed by atoms with Crippen LogP contribution in [0, 0.1) is 25.5 Å². The first-order valence-corrected chi connectivity index (χ1v) is 11.4. The molecule has 162 valence electrons. The zero-order valence-corrected chi connectivity index (χ0v) is 18.0. The largest absolute Gasteiger partial charge is 0.264 e. The molecule has 1 aliphatic heterocycles. The van der Waals surface area contributed by atoms with E-state index in [0.717, 1.165) is 41.3 Å². The highest BCUT2D eigenvalue weighted by Gasteiger charge is 2.37. The van der Waals surface area contributed by atoms with Gasteiger partial charge in [-0.1, -0.05) is 6.42 Å². The average Bonchev–Trinajstić information content (AvgIpc) is 2.76. The van der Waals surface area contributed by atoms with Crippen molar-refractivity contribution >= 4 is 10.0 Å². The lowest BCUT2D eigenvalue weighted by molar-refractivity contribution is 0.251. The van der Waals surface area contributed by atoms with Gasteiger partial charge in [0.25, 0.3) is 0 Å². The molecule has 1 atom stereocenters. The lowest BCUT2D eigenvalue weighted by atomic mass is 9.94. The molecule has 0 amide bonds. The standard InChI is InChI=1S/C22H22F2N4O2S/c1-14-12-25-9-8-17(14)18-13-26-15(2)27-22(18)21-5-3-4-10-28(21)31(29,30)16-6-7-19(23)20(24)11-16/h6-9,11-13,21H,3-5,10H2,1-2H3/t21-/m0/s1. The summed E-state index contributed by atoms with van der Waals surface area (Å²) in [5.41, 5.74) is 3.14. The van der Waals surface area contributed by atoms with Crippen LogP contribution >= 0.6 is 0 Å². The van der Waals surface area contributed by atoms with E-state index in [4.69, 9.17) is 0 Å². The van der Waals surface area contributed by atoms with Crippen molar-refractivity contribution < 1.29 is 17.2 Å². The van der Waals surface area contributed by atoms with Gasteiger partial charge in [0.2, 0.25) is 10.0 Å². The van der Waals surface area contributed by atoms with E-state index < -0.39 is 27.7 Å². The number of aryl methyl sites for hydroxylation is 2. The summed E-state index contributed by atoms with van der Waals surface area (Å²) < 4.78 is 55.4. The molecule has 1 fully saturated rings. The topological polar surface area (TPSA) is 76.1 Å². The zero-order valence-electron chi connectivity index (χ0n) is 17.2. The molecule has 1 aromatic carbocycles. The van der Waals surface area contributed by atoms with Crippen molar-refractivity contribution in [2.45, 2.75) is 44.0 Å². The molecule has 3 aromatic rings. The Morgan fingerprint density at radius 3 is 2.58 bits per heavy atom. The molecule has 0 aliphatic carbocycles. The fraction of sp³-hybridized carbons (Fsp3) is 0.318. The van der Waals surface area contributed by atoms with Gasteiger partial charge in [-0.25, -0.2) is 27.2 Å². The molecule has 9 heteroatoms. The summed E-state index contributed by atoms with van der Waals surface area (Å²) in [6.45, 7) is 3.94. The summed E-state index contributed by atoms with van der Waals surface area (Å²) in [4.78, 5) is 12.8. The van der Waals surface area contributed by atoms with Gasteiger partial charge in [-0.2, -0.15) is 4.31 Å². The minimum Gasteiger partial charge on any atom is -0.264 e. The first kappa shape index (κ1) is 21.5. The zero-order chi connectivity index (χ0) is 22.2. The molecule has 0 unspecified atom stereocenters. The highest BCUT2D eigenvalue weighted by atomic mass is 32.2. The molecular formula is C22H22F2N4O2S. The van der Waals surface area contributed by atoms with Crippen LogP contribution in [-0.2, 0) is 10.0 Å². The van der Waals surface area contributed by atoms with Gasteiger partial charge < -0.3 is 0 Å². The molecule has 4 rings (SSSR count). The minimum absolute atomic E-state index is 0.268. The molecule has 0 radical (unpaired) electrons. The Bertz CT molecular complexity index is 1230. The highest BCUT2D eigenvalue weighted by Crippen LogP contribution is 2.39. The molecule has 1 saturated heterocycles. The fourth-order valence-electron chi connectivity index (χ4n) is 3.96. The van der Waals surface area contributed by atoms with E-state index in [1.54, 1.807) is 25.5 Å². The van der Waals surface area contributed by atoms with Gasteiger partial charge in [-0.3, -0.25) is 4.98 Å². The molecule has 31 heavy (non-hydrogen) atoms. The Morgan fingerprint density at radius 2 is 1.84 bits per heavy atom. The van der Waals surface area contributed by atoms with E-state index in [2.05, 4.69) is 15.0 Å². The lowest BCUT2D eigenvalue weighted by Crippen LogP contribution is -2.39. The van der Waals surface area contributed by atoms with Crippen molar-refractivity contribution in [1.29, 1.82) is 0 Å². The van der Waals surface area contributed by atoms with Crippen molar-refractivity contribution in [3.63, 3.8) is 0 Å². The number of hydrogen-bond acceptors (Lipinski definition) is 5. The number of hydrogen-bond donors (Lipinski definition) is 0. The molecule has 0 saturated carbocycles. The molecule has 2 aromatic heterocycles. The van der Waals surface area contributed by atoms with E-state index in [0.29, 0.717) is 24.4 Å². The van der Waals surface area contributed by atoms with Crippen molar-refractivity contribution in [1.82, 2.24) is 19.3 Å². The quantitative estimate of drug-likeness (QED) is 0.598. The number of pyridine rings is 1. The Balaban J connectivity index is 1.84. The van der Waals surface area contributed by atoms with Gasteiger partial charge in [0.15, 0.2) is 11.6 Å². The second-order valence-corrected chi connectivity index (χ2v) is 9.50. The van der Waals surface area contributed by atoms with Crippen LogP contribution < -0.4 is 0 Å². The SMILES string of the molecule is Cc1ncc(-c2ccncc2C)c([C@@H]2CCCCN2S(=O)(=O)c2ccc(F)c(F)c2)n1. The summed E-state index contributed by atoms with van der Waals surface area (Å²) in [7, 11) is -4.07. The molecule has 6 nitrogen and oxygen atoms in total. The van der Waals surface area contributed by atoms with Crippen molar-refractivity contribution in [2.24, 2.45) is 0 Å². The maximum Gasteiger partial charge on any atom is 0.243 e. The van der Waals surface area contributed by atoms with Crippen LogP contribution in [0.5, 0.6) is 0 Å². The molecular weight excluding hydrogens is 422 g/mol. The molecule has 0 bridgehead atoms. The predicted octanol–water partition coefficient (Wildman–Crippen LogP) is 4.35. The van der Waals surface area contributed by atoms with Crippen LogP contribution in [-0.4, -0.2) is 34.2 Å². The smallest absolute Gasteiger partial charge is 0.243 e. The van der Waals surface area contributed by atoms with Gasteiger partial charge in [0, 0.05) is 30.7 Å². The summed E-state index contributed by atoms with van der Waals surface area (Å²) >= 11 is 0. The van der Waals surface area contributed by atoms with Crippen LogP contribution in [0.15, 0.2) is 47.8 Å². The Hall–Kier alpha value is -2.78. The van der Waals surface area contributed by atoms with Gasteiger partial charge in [0.05, 0.1) is 16.6 Å². The van der Waals surface area contributed by atoms with E-state index >= 15 is 0 Å². The van der Waals surface area contributed by atoms with Crippen molar-refractivity contribution in [3.8, 4) is 11.1 Å². The van der Waals surface area contributed by atoms with Gasteiger partial charge in [0.1, 0.15) is 5.82 Å². The maximum atomic E-state index is 13.8. The number of piperidine rings is 1. The number of nitrogens with zero attached hydrogens (tertiary/aromatic N) is 4. The van der Waals surface area contributed by atoms with E-state index in [-0.39, 0.29) is 11.4 Å². The van der Waals surface area contributed by atoms with Gasteiger partial charge in [-0.15, -0.1) is 0 Å². The summed E-state index contributed by atoms with van der Waals surface area (Å²) in [5, 5.41) is 0. The van der Waals surface area contributed by atoms with E-state index in [1.807, 2.05) is 13.0 Å². The van der Waals surface area contributed by atoms with Crippen molar-refractivity contribution in [2.75, 3.05) is 6.54 Å². The normalized spacial score (nSPS) is 17.6. The third kappa shape index (κ3) is 4.07. The maximum absolute atomic E-state index is 13.8. The monoisotopic (exact) mass is 444 g/mol. The summed E-state index contributed by atoms with van der Waals surface area (Å²) in [5.74, 6) is -1.75. The number of benzene rings is 1. The molecule has 0 N–H and O–H groups in total. The predicted molar refractivity (Wildman–Crippen MR) is 112 cm³/mol. The van der Waals surface area contributed by atoms with Crippen LogP contribution in [0.25, 0.3) is 11.1 Å². The van der Waals surface area contributed by atoms with Crippen LogP contribution in [0.3, 0.4) is 0 Å². The van der Waals surface area contributed by atoms with E-state index in [1.165, 1.54) is 4.31 Å². The number of aromatic nitrogens is 3. The summed E-state index contributed by atoms with van der Waals surface area (Å²) in [6, 6.07) is 3.97. The first-order valence-electron chi connectivity index (χ1n) is 10.0. The third-order valence-electron chi connectivity index (χ3n) is 5.52. The van der Waals surface area contributed by atoms with Gasteiger partial charge in [-0.05, 0) is 62.1 Å². The van der Waals surface area contributed by atoms with Crippen LogP contribution in [0.2, 0.25) is 0 Å². The van der Waals surface area contributed by atoms with Crippen molar-refractivity contribution in [3.05, 3.63) is 71.6 Å². The third-order valence-corrected chi connectivity index (χ3v) is 7.42. The Morgan fingerprint density at radius 1 is 1.03 bits per heavy atom. The van der Waals surface area contributed by atoms with Crippen LogP contribution in [0.4, 0.5) is 8.78 Å². The number of halogens is 2. The average molecular weight is 445 g/mol. The molecule has 0 spiro atoms. The van der Waals surface area contributed by atoms with E-state index in [9.17, 15) is 17.2 Å². The van der Waals surface area contributed by atoms with Gasteiger partial charge >= 0.3 is 0 Å². The lowest BCUT2D eigenvalue weighted by Gasteiger charge is -2.35. The summed E-state index contributed by atoms with van der Waals surface area (Å²) in [6.07, 6.45) is 7.17. The molecule has 1 aliphatic rings. The Kier molecular flexibility index (Phi) is 5.81. The number of sulfonamides is 1. The second-order valence-electron chi connectivity index (χ2n) is 7.61. The minimum atomic E-state index is -4.07.